The summed E-state index contributed by atoms with van der Waals surface area (Å²) in [4.78, 5) is 11.9. The molecule has 1 saturated carbocycles. The molecule has 1 aromatic rings. The van der Waals surface area contributed by atoms with E-state index in [0.717, 1.165) is 25.0 Å². The Labute approximate surface area is 126 Å². The van der Waals surface area contributed by atoms with Gasteiger partial charge in [0.05, 0.1) is 6.54 Å². The van der Waals surface area contributed by atoms with Crippen LogP contribution in [0.1, 0.15) is 26.2 Å². The van der Waals surface area contributed by atoms with Crippen LogP contribution < -0.4 is 15.8 Å². The fourth-order valence-electron chi connectivity index (χ4n) is 2.42. The largest absolute Gasteiger partial charge is 0.489 e. The molecule has 1 aliphatic rings. The fourth-order valence-corrected chi connectivity index (χ4v) is 2.42. The van der Waals surface area contributed by atoms with Crippen molar-refractivity contribution in [3.8, 4) is 5.75 Å². The molecule has 3 N–H and O–H groups in total. The van der Waals surface area contributed by atoms with Crippen LogP contribution in [0.25, 0.3) is 0 Å². The maximum Gasteiger partial charge on any atom is 0.223 e. The van der Waals surface area contributed by atoms with Gasteiger partial charge in [-0.3, -0.25) is 4.79 Å². The molecule has 1 aliphatic carbocycles. The molecule has 0 spiro atoms. The van der Waals surface area contributed by atoms with Crippen LogP contribution in [0.3, 0.4) is 0 Å². The summed E-state index contributed by atoms with van der Waals surface area (Å²) >= 11 is 0. The van der Waals surface area contributed by atoms with Gasteiger partial charge in [-0.2, -0.15) is 0 Å². The molecular weight excluding hydrogens is 276 g/mol. The van der Waals surface area contributed by atoms with Crippen molar-refractivity contribution in [2.45, 2.75) is 38.3 Å². The molecule has 0 aliphatic heterocycles. The highest BCUT2D eigenvalue weighted by molar-refractivity contribution is 5.85. The molecule has 1 amide bonds. The standard InChI is InChI=1S/C15H22N2O2.ClH/c1-11(19-14-5-3-2-4-6-14)10-17-15(18)12-7-8-13(16)9-12;/h2-6,11-13H,7-10,16H2,1H3,(H,17,18);1H. The molecule has 4 nitrogen and oxygen atoms in total. The van der Waals surface area contributed by atoms with Gasteiger partial charge in [-0.1, -0.05) is 18.2 Å². The van der Waals surface area contributed by atoms with Gasteiger partial charge in [0.25, 0.3) is 0 Å². The monoisotopic (exact) mass is 298 g/mol. The van der Waals surface area contributed by atoms with Crippen molar-refractivity contribution in [1.29, 1.82) is 0 Å². The summed E-state index contributed by atoms with van der Waals surface area (Å²) in [5.74, 6) is 1.02. The van der Waals surface area contributed by atoms with E-state index in [2.05, 4.69) is 5.32 Å². The molecule has 0 radical (unpaired) electrons. The summed E-state index contributed by atoms with van der Waals surface area (Å²) in [5, 5.41) is 2.95. The zero-order chi connectivity index (χ0) is 13.7. The summed E-state index contributed by atoms with van der Waals surface area (Å²) < 4.78 is 5.71. The highest BCUT2D eigenvalue weighted by Gasteiger charge is 2.27. The van der Waals surface area contributed by atoms with Gasteiger partial charge in [0.1, 0.15) is 11.9 Å². The minimum atomic E-state index is -0.0403. The highest BCUT2D eigenvalue weighted by Crippen LogP contribution is 2.24. The first-order valence-electron chi connectivity index (χ1n) is 6.90. The minimum Gasteiger partial charge on any atom is -0.489 e. The topological polar surface area (TPSA) is 64.4 Å². The van der Waals surface area contributed by atoms with Crippen LogP contribution in [-0.2, 0) is 4.79 Å². The Bertz CT molecular complexity index is 414. The molecule has 1 fully saturated rings. The first-order chi connectivity index (χ1) is 9.15. The number of halogens is 1. The lowest BCUT2D eigenvalue weighted by Crippen LogP contribution is -2.37. The summed E-state index contributed by atoms with van der Waals surface area (Å²) in [6.45, 7) is 2.48. The third-order valence-corrected chi connectivity index (χ3v) is 3.49. The Balaban J connectivity index is 0.00000200. The number of carbonyl (C=O) groups is 1. The Kier molecular flexibility index (Phi) is 6.82. The lowest BCUT2D eigenvalue weighted by Gasteiger charge is -2.17. The van der Waals surface area contributed by atoms with Crippen LogP contribution >= 0.6 is 12.4 Å². The molecule has 0 aromatic heterocycles. The fraction of sp³-hybridized carbons (Fsp3) is 0.533. The van der Waals surface area contributed by atoms with Crippen LogP contribution in [0.15, 0.2) is 30.3 Å². The summed E-state index contributed by atoms with van der Waals surface area (Å²) in [6.07, 6.45) is 2.62. The van der Waals surface area contributed by atoms with Crippen LogP contribution in [0.4, 0.5) is 0 Å². The number of para-hydroxylation sites is 1. The molecule has 20 heavy (non-hydrogen) atoms. The smallest absolute Gasteiger partial charge is 0.223 e. The number of amides is 1. The van der Waals surface area contributed by atoms with E-state index < -0.39 is 0 Å². The Morgan fingerprint density at radius 2 is 2.10 bits per heavy atom. The molecular formula is C15H23ClN2O2. The van der Waals surface area contributed by atoms with Crippen LogP contribution in [0.2, 0.25) is 0 Å². The number of benzene rings is 1. The second kappa shape index (κ2) is 8.12. The van der Waals surface area contributed by atoms with Crippen molar-refractivity contribution in [3.63, 3.8) is 0 Å². The van der Waals surface area contributed by atoms with E-state index in [4.69, 9.17) is 10.5 Å². The van der Waals surface area contributed by atoms with Gasteiger partial charge in [0.2, 0.25) is 5.91 Å². The lowest BCUT2D eigenvalue weighted by atomic mass is 10.1. The zero-order valence-electron chi connectivity index (χ0n) is 11.7. The van der Waals surface area contributed by atoms with E-state index in [1.165, 1.54) is 0 Å². The van der Waals surface area contributed by atoms with Crippen molar-refractivity contribution in [2.75, 3.05) is 6.54 Å². The average molecular weight is 299 g/mol. The quantitative estimate of drug-likeness (QED) is 0.875. The summed E-state index contributed by atoms with van der Waals surface area (Å²) in [7, 11) is 0. The third kappa shape index (κ3) is 5.02. The molecule has 0 bridgehead atoms. The van der Waals surface area contributed by atoms with Crippen molar-refractivity contribution in [3.05, 3.63) is 30.3 Å². The number of nitrogens with one attached hydrogen (secondary N) is 1. The van der Waals surface area contributed by atoms with Gasteiger partial charge >= 0.3 is 0 Å². The molecule has 112 valence electrons. The molecule has 3 atom stereocenters. The van der Waals surface area contributed by atoms with Crippen LogP contribution in [-0.4, -0.2) is 24.6 Å². The SMILES string of the molecule is CC(CNC(=O)C1CCC(N)C1)Oc1ccccc1.Cl. The molecule has 5 heteroatoms. The van der Waals surface area contributed by atoms with Crippen LogP contribution in [0, 0.1) is 5.92 Å². The maximum atomic E-state index is 11.9. The first kappa shape index (κ1) is 16.8. The molecule has 2 rings (SSSR count). The minimum absolute atomic E-state index is 0. The maximum absolute atomic E-state index is 11.9. The van der Waals surface area contributed by atoms with Gasteiger partial charge in [-0.15, -0.1) is 12.4 Å². The number of hydrogen-bond acceptors (Lipinski definition) is 3. The lowest BCUT2D eigenvalue weighted by molar-refractivity contribution is -0.125. The van der Waals surface area contributed by atoms with E-state index in [0.29, 0.717) is 6.54 Å². The van der Waals surface area contributed by atoms with E-state index in [1.807, 2.05) is 37.3 Å². The predicted octanol–water partition coefficient (Wildman–Crippen LogP) is 2.12. The van der Waals surface area contributed by atoms with Crippen LogP contribution in [0.5, 0.6) is 5.75 Å². The van der Waals surface area contributed by atoms with Crippen molar-refractivity contribution < 1.29 is 9.53 Å². The van der Waals surface area contributed by atoms with Crippen molar-refractivity contribution in [2.24, 2.45) is 11.7 Å². The molecule has 3 unspecified atom stereocenters. The number of hydrogen-bond donors (Lipinski definition) is 2. The second-order valence-corrected chi connectivity index (χ2v) is 5.26. The number of ether oxygens (including phenoxy) is 1. The van der Waals surface area contributed by atoms with Crippen molar-refractivity contribution >= 4 is 18.3 Å². The summed E-state index contributed by atoms with van der Waals surface area (Å²) in [5.41, 5.74) is 5.82. The van der Waals surface area contributed by atoms with Crippen molar-refractivity contribution in [1.82, 2.24) is 5.32 Å². The van der Waals surface area contributed by atoms with Gasteiger partial charge in [0.15, 0.2) is 0 Å². The normalized spacial score (nSPS) is 22.7. The second-order valence-electron chi connectivity index (χ2n) is 5.26. The Morgan fingerprint density at radius 3 is 2.70 bits per heavy atom. The van der Waals surface area contributed by atoms with Gasteiger partial charge in [-0.05, 0) is 38.3 Å². The van der Waals surface area contributed by atoms with E-state index in [9.17, 15) is 4.79 Å². The Morgan fingerprint density at radius 1 is 1.40 bits per heavy atom. The molecule has 1 aromatic carbocycles. The third-order valence-electron chi connectivity index (χ3n) is 3.49. The number of rotatable bonds is 5. The summed E-state index contributed by atoms with van der Waals surface area (Å²) in [6, 6.07) is 9.82. The number of carbonyl (C=O) groups excluding carboxylic acids is 1. The van der Waals surface area contributed by atoms with E-state index in [-0.39, 0.29) is 36.4 Å². The van der Waals surface area contributed by atoms with E-state index in [1.54, 1.807) is 0 Å². The van der Waals surface area contributed by atoms with Gasteiger partial charge in [0, 0.05) is 12.0 Å². The molecule has 0 heterocycles. The first-order valence-corrected chi connectivity index (χ1v) is 6.90. The highest BCUT2D eigenvalue weighted by atomic mass is 35.5. The Hall–Kier alpha value is -1.26. The molecule has 0 saturated heterocycles. The predicted molar refractivity (Wildman–Crippen MR) is 82.1 cm³/mol. The van der Waals surface area contributed by atoms with Gasteiger partial charge in [-0.25, -0.2) is 0 Å². The number of nitrogens with two attached hydrogens (primary N) is 1. The van der Waals surface area contributed by atoms with Gasteiger partial charge < -0.3 is 15.8 Å². The zero-order valence-corrected chi connectivity index (χ0v) is 12.6. The van der Waals surface area contributed by atoms with E-state index >= 15 is 0 Å². The average Bonchev–Trinajstić information content (AvgIpc) is 2.84.